The van der Waals surface area contributed by atoms with Crippen molar-refractivity contribution in [3.05, 3.63) is 36.1 Å². The minimum absolute atomic E-state index is 0.00935. The Morgan fingerprint density at radius 3 is 2.90 bits per heavy atom. The molecule has 0 N–H and O–H groups in total. The van der Waals surface area contributed by atoms with Gasteiger partial charge in [-0.2, -0.15) is 0 Å². The molecule has 0 aliphatic carbocycles. The van der Waals surface area contributed by atoms with Gasteiger partial charge in [-0.1, -0.05) is 18.2 Å². The molecule has 2 heterocycles. The molecule has 1 fully saturated rings. The van der Waals surface area contributed by atoms with Gasteiger partial charge in [0.05, 0.1) is 23.8 Å². The molecular weight excluding hydrogens is 254 g/mol. The highest BCUT2D eigenvalue weighted by Gasteiger charge is 2.37. The Balaban J connectivity index is 1.99. The standard InChI is InChI=1S/C16H19NO3/c1-11-8-17(16(2,3)10-20-11)15(18)13-9-19-14-7-5-4-6-12(13)14/h4-7,9,11H,8,10H2,1-3H3/t11-/m1/s1. The molecule has 1 amide bonds. The summed E-state index contributed by atoms with van der Waals surface area (Å²) in [5.41, 5.74) is 1.07. The van der Waals surface area contributed by atoms with Crippen molar-refractivity contribution in [2.24, 2.45) is 0 Å². The third-order valence-electron chi connectivity index (χ3n) is 3.85. The van der Waals surface area contributed by atoms with Gasteiger partial charge in [-0.15, -0.1) is 0 Å². The van der Waals surface area contributed by atoms with E-state index >= 15 is 0 Å². The normalized spacial score (nSPS) is 22.1. The largest absolute Gasteiger partial charge is 0.463 e. The molecule has 1 aromatic carbocycles. The SMILES string of the molecule is C[C@@H]1CN(C(=O)c2coc3ccccc23)C(C)(C)CO1. The highest BCUT2D eigenvalue weighted by Crippen LogP contribution is 2.28. The van der Waals surface area contributed by atoms with Gasteiger partial charge in [-0.05, 0) is 26.8 Å². The number of nitrogens with zero attached hydrogens (tertiary/aromatic N) is 1. The van der Waals surface area contributed by atoms with E-state index in [4.69, 9.17) is 9.15 Å². The van der Waals surface area contributed by atoms with Crippen LogP contribution in [0.2, 0.25) is 0 Å². The lowest BCUT2D eigenvalue weighted by Gasteiger charge is -2.44. The van der Waals surface area contributed by atoms with E-state index in [1.54, 1.807) is 6.26 Å². The lowest BCUT2D eigenvalue weighted by atomic mass is 9.99. The minimum Gasteiger partial charge on any atom is -0.463 e. The molecule has 1 aliphatic heterocycles. The molecule has 0 bridgehead atoms. The Morgan fingerprint density at radius 1 is 1.35 bits per heavy atom. The second kappa shape index (κ2) is 4.63. The zero-order valence-electron chi connectivity index (χ0n) is 12.1. The first-order valence-electron chi connectivity index (χ1n) is 6.89. The summed E-state index contributed by atoms with van der Waals surface area (Å²) in [5.74, 6) is 0.00935. The molecule has 0 unspecified atom stereocenters. The summed E-state index contributed by atoms with van der Waals surface area (Å²) in [7, 11) is 0. The molecule has 0 spiro atoms. The van der Waals surface area contributed by atoms with E-state index in [1.807, 2.05) is 49.9 Å². The summed E-state index contributed by atoms with van der Waals surface area (Å²) < 4.78 is 11.1. The van der Waals surface area contributed by atoms with E-state index in [9.17, 15) is 4.79 Å². The maximum atomic E-state index is 12.8. The van der Waals surface area contributed by atoms with Gasteiger partial charge in [-0.3, -0.25) is 4.79 Å². The maximum absolute atomic E-state index is 12.8. The second-order valence-corrected chi connectivity index (χ2v) is 6.00. The first kappa shape index (κ1) is 13.2. The number of morpholine rings is 1. The van der Waals surface area contributed by atoms with Crippen LogP contribution >= 0.6 is 0 Å². The van der Waals surface area contributed by atoms with Crippen LogP contribution in [0.4, 0.5) is 0 Å². The van der Waals surface area contributed by atoms with E-state index in [-0.39, 0.29) is 17.6 Å². The van der Waals surface area contributed by atoms with Crippen LogP contribution in [0.25, 0.3) is 11.0 Å². The topological polar surface area (TPSA) is 42.7 Å². The number of hydrogen-bond acceptors (Lipinski definition) is 3. The first-order valence-corrected chi connectivity index (χ1v) is 6.89. The number of rotatable bonds is 1. The van der Waals surface area contributed by atoms with Crippen LogP contribution in [0.3, 0.4) is 0 Å². The van der Waals surface area contributed by atoms with Gasteiger partial charge in [0.1, 0.15) is 11.8 Å². The van der Waals surface area contributed by atoms with Crippen LogP contribution in [-0.4, -0.2) is 35.6 Å². The van der Waals surface area contributed by atoms with E-state index in [1.165, 1.54) is 0 Å². The molecule has 4 heteroatoms. The number of benzene rings is 1. The summed E-state index contributed by atoms with van der Waals surface area (Å²) in [4.78, 5) is 14.7. The van der Waals surface area contributed by atoms with Gasteiger partial charge < -0.3 is 14.1 Å². The molecule has 20 heavy (non-hydrogen) atoms. The molecule has 1 aliphatic rings. The molecule has 3 rings (SSSR count). The zero-order valence-corrected chi connectivity index (χ0v) is 12.1. The molecule has 1 saturated heterocycles. The molecule has 0 radical (unpaired) electrons. The van der Waals surface area contributed by atoms with E-state index < -0.39 is 0 Å². The first-order chi connectivity index (χ1) is 9.49. The van der Waals surface area contributed by atoms with E-state index in [0.29, 0.717) is 18.7 Å². The van der Waals surface area contributed by atoms with Crippen molar-refractivity contribution in [1.29, 1.82) is 0 Å². The fourth-order valence-electron chi connectivity index (χ4n) is 2.63. The number of fused-ring (bicyclic) bond motifs is 1. The Labute approximate surface area is 118 Å². The van der Waals surface area contributed by atoms with Gasteiger partial charge >= 0.3 is 0 Å². The predicted molar refractivity (Wildman–Crippen MR) is 76.7 cm³/mol. The molecule has 4 nitrogen and oxygen atoms in total. The molecular formula is C16H19NO3. The van der Waals surface area contributed by atoms with Crippen molar-refractivity contribution < 1.29 is 13.9 Å². The number of amides is 1. The average molecular weight is 273 g/mol. The highest BCUT2D eigenvalue weighted by molar-refractivity contribution is 6.06. The van der Waals surface area contributed by atoms with Crippen molar-refractivity contribution in [3.8, 4) is 0 Å². The smallest absolute Gasteiger partial charge is 0.258 e. The highest BCUT2D eigenvalue weighted by atomic mass is 16.5. The lowest BCUT2D eigenvalue weighted by Crippen LogP contribution is -2.57. The zero-order chi connectivity index (χ0) is 14.3. The second-order valence-electron chi connectivity index (χ2n) is 6.00. The van der Waals surface area contributed by atoms with Gasteiger partial charge in [0.2, 0.25) is 0 Å². The van der Waals surface area contributed by atoms with Gasteiger partial charge in [-0.25, -0.2) is 0 Å². The van der Waals surface area contributed by atoms with Crippen molar-refractivity contribution >= 4 is 16.9 Å². The predicted octanol–water partition coefficient (Wildman–Crippen LogP) is 3.07. The Bertz CT molecular complexity index is 644. The Morgan fingerprint density at radius 2 is 2.10 bits per heavy atom. The Kier molecular flexibility index (Phi) is 3.05. The number of hydrogen-bond donors (Lipinski definition) is 0. The number of furan rings is 1. The molecule has 1 aromatic heterocycles. The molecule has 106 valence electrons. The molecule has 0 saturated carbocycles. The van der Waals surface area contributed by atoms with Gasteiger partial charge in [0.15, 0.2) is 0 Å². The van der Waals surface area contributed by atoms with Gasteiger partial charge in [0, 0.05) is 11.9 Å². The summed E-state index contributed by atoms with van der Waals surface area (Å²) in [6, 6.07) is 7.62. The summed E-state index contributed by atoms with van der Waals surface area (Å²) >= 11 is 0. The number of carbonyl (C=O) groups is 1. The number of para-hydroxylation sites is 1. The maximum Gasteiger partial charge on any atom is 0.258 e. The van der Waals surface area contributed by atoms with Crippen LogP contribution < -0.4 is 0 Å². The fourth-order valence-corrected chi connectivity index (χ4v) is 2.63. The van der Waals surface area contributed by atoms with Crippen LogP contribution in [0.1, 0.15) is 31.1 Å². The van der Waals surface area contributed by atoms with Crippen molar-refractivity contribution in [1.82, 2.24) is 4.90 Å². The Hall–Kier alpha value is -1.81. The van der Waals surface area contributed by atoms with Crippen molar-refractivity contribution in [3.63, 3.8) is 0 Å². The van der Waals surface area contributed by atoms with Crippen LogP contribution in [0.5, 0.6) is 0 Å². The van der Waals surface area contributed by atoms with Crippen molar-refractivity contribution in [2.75, 3.05) is 13.2 Å². The van der Waals surface area contributed by atoms with Crippen LogP contribution in [-0.2, 0) is 4.74 Å². The van der Waals surface area contributed by atoms with Gasteiger partial charge in [0.25, 0.3) is 5.91 Å². The fraction of sp³-hybridized carbons (Fsp3) is 0.438. The van der Waals surface area contributed by atoms with Crippen LogP contribution in [0.15, 0.2) is 34.9 Å². The summed E-state index contributed by atoms with van der Waals surface area (Å²) in [6.45, 7) is 7.20. The monoisotopic (exact) mass is 273 g/mol. The summed E-state index contributed by atoms with van der Waals surface area (Å²) in [6.07, 6.45) is 1.62. The quantitative estimate of drug-likeness (QED) is 0.802. The summed E-state index contributed by atoms with van der Waals surface area (Å²) in [5, 5.41) is 0.868. The third-order valence-corrected chi connectivity index (χ3v) is 3.85. The number of ether oxygens (including phenoxy) is 1. The third kappa shape index (κ3) is 2.10. The van der Waals surface area contributed by atoms with Crippen LogP contribution in [0, 0.1) is 0 Å². The molecule has 1 atom stereocenters. The minimum atomic E-state index is -0.304. The van der Waals surface area contributed by atoms with Crippen molar-refractivity contribution in [2.45, 2.75) is 32.4 Å². The van der Waals surface area contributed by atoms with E-state index in [2.05, 4.69) is 0 Å². The average Bonchev–Trinajstić information content (AvgIpc) is 2.85. The lowest BCUT2D eigenvalue weighted by molar-refractivity contribution is -0.0755. The van der Waals surface area contributed by atoms with E-state index in [0.717, 1.165) is 11.0 Å². The molecule has 2 aromatic rings. The number of carbonyl (C=O) groups excluding carboxylic acids is 1.